The zero-order valence-electron chi connectivity index (χ0n) is 20.5. The van der Waals surface area contributed by atoms with Crippen LogP contribution in [0, 0.1) is 22.7 Å². The molecule has 3 aliphatic carbocycles. The van der Waals surface area contributed by atoms with E-state index in [-0.39, 0.29) is 26.1 Å². The Bertz CT molecular complexity index is 985. The number of ketones is 1. The minimum atomic E-state index is -2.25. The van der Waals surface area contributed by atoms with Crippen molar-refractivity contribution in [2.24, 2.45) is 22.7 Å². The molecular formula is C24H34O11. The van der Waals surface area contributed by atoms with Crippen LogP contribution in [0.25, 0.3) is 0 Å². The second-order valence-electron chi connectivity index (χ2n) is 11.6. The Morgan fingerprint density at radius 1 is 1.03 bits per heavy atom. The van der Waals surface area contributed by atoms with Crippen LogP contribution in [-0.4, -0.2) is 98.7 Å². The number of Topliss-reactive ketones (excluding diaryl/α,β-unsaturated/α-hetero) is 1. The molecule has 1 unspecified atom stereocenters. The van der Waals surface area contributed by atoms with Gasteiger partial charge in [-0.15, -0.1) is 0 Å². The van der Waals surface area contributed by atoms with Gasteiger partial charge in [0.05, 0.1) is 30.8 Å². The van der Waals surface area contributed by atoms with E-state index >= 15 is 0 Å². The second-order valence-corrected chi connectivity index (χ2v) is 11.6. The molecule has 0 amide bonds. The molecular weight excluding hydrogens is 464 g/mol. The average Bonchev–Trinajstić information content (AvgIpc) is 2.91. The minimum absolute atomic E-state index is 0.00384. The first-order chi connectivity index (χ1) is 16.1. The van der Waals surface area contributed by atoms with Crippen LogP contribution in [0.2, 0.25) is 0 Å². The van der Waals surface area contributed by atoms with Crippen molar-refractivity contribution in [1.82, 2.24) is 0 Å². The summed E-state index contributed by atoms with van der Waals surface area (Å²) in [6.07, 6.45) is -6.69. The first-order valence-corrected chi connectivity index (χ1v) is 12.0. The number of carbonyl (C=O) groups is 3. The van der Waals surface area contributed by atoms with E-state index in [0.29, 0.717) is 0 Å². The molecule has 5 fully saturated rings. The van der Waals surface area contributed by atoms with Crippen LogP contribution in [-0.2, 0) is 33.3 Å². The van der Waals surface area contributed by atoms with E-state index in [0.717, 1.165) is 0 Å². The predicted octanol–water partition coefficient (Wildman–Crippen LogP) is -1.14. The van der Waals surface area contributed by atoms with Gasteiger partial charge in [-0.25, -0.2) is 0 Å². The highest BCUT2D eigenvalue weighted by molar-refractivity contribution is 5.92. The predicted molar refractivity (Wildman–Crippen MR) is 115 cm³/mol. The Morgan fingerprint density at radius 3 is 2.23 bits per heavy atom. The lowest BCUT2D eigenvalue weighted by Gasteiger charge is -2.67. The topological polar surface area (TPSA) is 169 Å². The van der Waals surface area contributed by atoms with Crippen molar-refractivity contribution < 1.29 is 53.8 Å². The fourth-order valence-electron chi connectivity index (χ4n) is 8.19. The fourth-order valence-corrected chi connectivity index (χ4v) is 8.19. The second kappa shape index (κ2) is 7.23. The van der Waals surface area contributed by atoms with Gasteiger partial charge in [0.1, 0.15) is 29.5 Å². The highest BCUT2D eigenvalue weighted by Gasteiger charge is 2.83. The van der Waals surface area contributed by atoms with Gasteiger partial charge in [-0.05, 0) is 26.2 Å². The smallest absolute Gasteiger partial charge is 0.303 e. The number of fused-ring (bicyclic) bond motifs is 3. The van der Waals surface area contributed by atoms with E-state index in [4.69, 9.17) is 18.9 Å². The first-order valence-electron chi connectivity index (χ1n) is 12.0. The maximum atomic E-state index is 14.3. The molecule has 0 aromatic heterocycles. The molecule has 4 N–H and O–H groups in total. The van der Waals surface area contributed by atoms with Crippen molar-refractivity contribution in [2.45, 2.75) is 94.8 Å². The first kappa shape index (κ1) is 25.0. The number of rotatable bonds is 2. The summed E-state index contributed by atoms with van der Waals surface area (Å²) in [6.45, 7) is 6.71. The lowest BCUT2D eigenvalue weighted by molar-refractivity contribution is -0.348. The average molecular weight is 499 g/mol. The van der Waals surface area contributed by atoms with Gasteiger partial charge in [0, 0.05) is 31.6 Å². The Kier molecular flexibility index (Phi) is 5.17. The summed E-state index contributed by atoms with van der Waals surface area (Å²) < 4.78 is 22.9. The SMILES string of the molecule is CC(=O)O[C@H]1CC2OC[C@@]2(OC(C)=O)[C@H]2[C@H](O)[C@@H]3C[C@H](O)[C@@]4(C)OC[C@]3(C)[C@@]4(O)[C@@H](O)C(=O)[C@]12C. The van der Waals surface area contributed by atoms with Crippen LogP contribution in [0.5, 0.6) is 0 Å². The summed E-state index contributed by atoms with van der Waals surface area (Å²) in [7, 11) is 0. The molecule has 2 aliphatic heterocycles. The molecule has 196 valence electrons. The highest BCUT2D eigenvalue weighted by atomic mass is 16.6. The van der Waals surface area contributed by atoms with Gasteiger partial charge in [-0.2, -0.15) is 0 Å². The summed E-state index contributed by atoms with van der Waals surface area (Å²) in [4.78, 5) is 38.5. The summed E-state index contributed by atoms with van der Waals surface area (Å²) in [5.41, 5.74) is -8.46. The summed E-state index contributed by atoms with van der Waals surface area (Å²) in [5.74, 6) is -4.24. The van der Waals surface area contributed by atoms with Crippen molar-refractivity contribution in [3.05, 3.63) is 0 Å². The number of ether oxygens (including phenoxy) is 4. The lowest BCUT2D eigenvalue weighted by Crippen LogP contribution is -2.83. The van der Waals surface area contributed by atoms with Crippen LogP contribution < -0.4 is 0 Å². The molecule has 11 heteroatoms. The Morgan fingerprint density at radius 2 is 1.69 bits per heavy atom. The molecule has 5 rings (SSSR count). The highest BCUT2D eigenvalue weighted by Crippen LogP contribution is 2.67. The Hall–Kier alpha value is -1.63. The number of aliphatic hydroxyl groups excluding tert-OH is 3. The van der Waals surface area contributed by atoms with Crippen molar-refractivity contribution >= 4 is 17.7 Å². The van der Waals surface area contributed by atoms with E-state index in [1.807, 2.05) is 0 Å². The minimum Gasteiger partial charge on any atom is -0.461 e. The summed E-state index contributed by atoms with van der Waals surface area (Å²) in [5, 5.41) is 46.8. The monoisotopic (exact) mass is 498 g/mol. The van der Waals surface area contributed by atoms with Crippen LogP contribution in [0.4, 0.5) is 0 Å². The maximum Gasteiger partial charge on any atom is 0.303 e. The van der Waals surface area contributed by atoms with Gasteiger partial charge in [0.2, 0.25) is 0 Å². The zero-order valence-corrected chi connectivity index (χ0v) is 20.5. The molecule has 0 aromatic rings. The third-order valence-corrected chi connectivity index (χ3v) is 10.1. The van der Waals surface area contributed by atoms with Crippen LogP contribution in [0.1, 0.15) is 47.5 Å². The molecule has 35 heavy (non-hydrogen) atoms. The molecule has 12 atom stereocenters. The molecule has 3 saturated carbocycles. The zero-order chi connectivity index (χ0) is 25.9. The Balaban J connectivity index is 1.77. The number of esters is 2. The van der Waals surface area contributed by atoms with Gasteiger partial charge in [0.15, 0.2) is 11.4 Å². The molecule has 0 aromatic carbocycles. The summed E-state index contributed by atoms with van der Waals surface area (Å²) in [6, 6.07) is 0. The van der Waals surface area contributed by atoms with Crippen LogP contribution >= 0.6 is 0 Å². The quantitative estimate of drug-likeness (QED) is 0.339. The van der Waals surface area contributed by atoms with E-state index in [9.17, 15) is 34.8 Å². The van der Waals surface area contributed by atoms with Crippen molar-refractivity contribution in [2.75, 3.05) is 13.2 Å². The lowest BCUT2D eigenvalue weighted by atomic mass is 9.42. The van der Waals surface area contributed by atoms with E-state index < -0.39 is 87.7 Å². The van der Waals surface area contributed by atoms with Gasteiger partial charge < -0.3 is 39.4 Å². The van der Waals surface area contributed by atoms with Gasteiger partial charge in [0.25, 0.3) is 0 Å². The molecule has 2 heterocycles. The normalized spacial score (nSPS) is 56.6. The number of hydrogen-bond donors (Lipinski definition) is 4. The van der Waals surface area contributed by atoms with E-state index in [2.05, 4.69) is 0 Å². The summed E-state index contributed by atoms with van der Waals surface area (Å²) >= 11 is 0. The van der Waals surface area contributed by atoms with Gasteiger partial charge in [-0.3, -0.25) is 14.4 Å². The van der Waals surface area contributed by atoms with Crippen molar-refractivity contribution in [3.63, 3.8) is 0 Å². The molecule has 4 bridgehead atoms. The number of carbonyl (C=O) groups excluding carboxylic acids is 3. The number of hydrogen-bond acceptors (Lipinski definition) is 11. The molecule has 0 spiro atoms. The Labute approximate surface area is 202 Å². The largest absolute Gasteiger partial charge is 0.461 e. The van der Waals surface area contributed by atoms with Crippen LogP contribution in [0.15, 0.2) is 0 Å². The molecule has 0 radical (unpaired) electrons. The van der Waals surface area contributed by atoms with Crippen LogP contribution in [0.3, 0.4) is 0 Å². The van der Waals surface area contributed by atoms with Gasteiger partial charge >= 0.3 is 11.9 Å². The van der Waals surface area contributed by atoms with Crippen molar-refractivity contribution in [1.29, 1.82) is 0 Å². The number of aliphatic hydroxyl groups is 4. The molecule has 11 nitrogen and oxygen atoms in total. The third-order valence-electron chi connectivity index (χ3n) is 10.1. The molecule has 2 saturated heterocycles. The van der Waals surface area contributed by atoms with Crippen molar-refractivity contribution in [3.8, 4) is 0 Å². The standard InChI is InChI=1S/C24H34O11/c1-10(25)34-14-7-15-23(9-32-15,35-11(2)26)17-16(28)12-6-13(27)22(5)24(31,20(12,3)8-33-22)19(30)18(29)21(14,17)4/h12-17,19,27-28,30-31H,6-9H2,1-5H3/t12-,13-,14-,15?,16+,17-,19-,20-,21+,22+,23-,24-/m0/s1. The van der Waals surface area contributed by atoms with Gasteiger partial charge in [-0.1, -0.05) is 6.92 Å². The van der Waals surface area contributed by atoms with E-state index in [1.54, 1.807) is 6.92 Å². The third kappa shape index (κ3) is 2.64. The molecule has 5 aliphatic rings. The van der Waals surface area contributed by atoms with E-state index in [1.165, 1.54) is 27.7 Å². The fraction of sp³-hybridized carbons (Fsp3) is 0.875. The maximum absolute atomic E-state index is 14.3.